The van der Waals surface area contributed by atoms with Crippen LogP contribution in [0, 0.1) is 6.92 Å². The molecule has 116 valence electrons. The van der Waals surface area contributed by atoms with Gasteiger partial charge in [0.25, 0.3) is 0 Å². The average molecular weight is 329 g/mol. The van der Waals surface area contributed by atoms with Crippen LogP contribution in [-0.2, 0) is 15.3 Å². The van der Waals surface area contributed by atoms with Gasteiger partial charge in [0, 0.05) is 31.8 Å². The predicted molar refractivity (Wildman–Crippen MR) is 88.5 cm³/mol. The minimum atomic E-state index is -0.303. The van der Waals surface area contributed by atoms with Crippen LogP contribution in [0.5, 0.6) is 0 Å². The molecule has 0 saturated heterocycles. The van der Waals surface area contributed by atoms with Crippen LogP contribution in [0.3, 0.4) is 0 Å². The zero-order valence-electron chi connectivity index (χ0n) is 13.1. The number of pyridine rings is 1. The van der Waals surface area contributed by atoms with Gasteiger partial charge in [0.05, 0.1) is 7.11 Å². The Bertz CT molecular complexity index is 544. The van der Waals surface area contributed by atoms with Crippen LogP contribution in [0.25, 0.3) is 0 Å². The largest absolute Gasteiger partial charge is 0.464 e. The van der Waals surface area contributed by atoms with Gasteiger partial charge in [-0.2, -0.15) is 11.8 Å². The van der Waals surface area contributed by atoms with Gasteiger partial charge in [0.1, 0.15) is 10.9 Å². The molecule has 0 saturated carbocycles. The van der Waals surface area contributed by atoms with Crippen molar-refractivity contribution in [3.8, 4) is 0 Å². The number of nitrogens with zero attached hydrogens (tertiary/aromatic N) is 2. The first-order valence-corrected chi connectivity index (χ1v) is 8.04. The normalized spacial score (nSPS) is 11.9. The van der Waals surface area contributed by atoms with Crippen molar-refractivity contribution < 1.29 is 9.53 Å². The van der Waals surface area contributed by atoms with Crippen molar-refractivity contribution in [1.82, 2.24) is 9.88 Å². The lowest BCUT2D eigenvalue weighted by Gasteiger charge is -2.18. The number of carbonyl (C=O) groups excluding carboxylic acids is 1. The fourth-order valence-corrected chi connectivity index (χ4v) is 3.20. The number of rotatable bonds is 6. The van der Waals surface area contributed by atoms with Crippen molar-refractivity contribution in [2.24, 2.45) is 0 Å². The highest BCUT2D eigenvalue weighted by Crippen LogP contribution is 2.21. The summed E-state index contributed by atoms with van der Waals surface area (Å²) in [6, 6.07) is 1.86. The summed E-state index contributed by atoms with van der Waals surface area (Å²) in [6.07, 6.45) is 1.80. The minimum Gasteiger partial charge on any atom is -0.464 e. The summed E-state index contributed by atoms with van der Waals surface area (Å²) in [6.45, 7) is 3.97. The molecule has 21 heavy (non-hydrogen) atoms. The number of esters is 1. The van der Waals surface area contributed by atoms with Crippen molar-refractivity contribution in [2.45, 2.75) is 19.6 Å². The SMILES string of the molecule is COC(=O)C(=C(C)CSCc1cnc(Cl)cc1C)N(C)C. The maximum absolute atomic E-state index is 11.8. The Labute approximate surface area is 135 Å². The van der Waals surface area contributed by atoms with Gasteiger partial charge in [-0.15, -0.1) is 0 Å². The smallest absolute Gasteiger partial charge is 0.354 e. The number of hydrogen-bond acceptors (Lipinski definition) is 5. The predicted octanol–water partition coefficient (Wildman–Crippen LogP) is 3.29. The molecule has 0 unspecified atom stereocenters. The van der Waals surface area contributed by atoms with E-state index in [9.17, 15) is 4.79 Å². The zero-order chi connectivity index (χ0) is 16.0. The highest BCUT2D eigenvalue weighted by Gasteiger charge is 2.15. The summed E-state index contributed by atoms with van der Waals surface area (Å²) >= 11 is 7.58. The molecule has 0 radical (unpaired) electrons. The number of hydrogen-bond donors (Lipinski definition) is 0. The molecule has 0 amide bonds. The number of aryl methyl sites for hydroxylation is 1. The Kier molecular flexibility index (Phi) is 7.05. The average Bonchev–Trinajstić information content (AvgIpc) is 2.40. The number of likely N-dealkylation sites (N-methyl/N-ethyl adjacent to an activating group) is 1. The molecule has 1 rings (SSSR count). The van der Waals surface area contributed by atoms with Gasteiger partial charge in [0.2, 0.25) is 0 Å². The topological polar surface area (TPSA) is 42.4 Å². The lowest BCUT2D eigenvalue weighted by Crippen LogP contribution is -2.22. The second-order valence-corrected chi connectivity index (χ2v) is 6.31. The Morgan fingerprint density at radius 3 is 2.67 bits per heavy atom. The van der Waals surface area contributed by atoms with E-state index >= 15 is 0 Å². The Morgan fingerprint density at radius 1 is 1.48 bits per heavy atom. The van der Waals surface area contributed by atoms with Crippen molar-refractivity contribution in [3.05, 3.63) is 39.8 Å². The van der Waals surface area contributed by atoms with Crippen LogP contribution < -0.4 is 0 Å². The molecular formula is C15H21ClN2O2S. The molecule has 4 nitrogen and oxygen atoms in total. The molecule has 6 heteroatoms. The highest BCUT2D eigenvalue weighted by atomic mass is 35.5. The van der Waals surface area contributed by atoms with E-state index in [2.05, 4.69) is 4.98 Å². The third-order valence-corrected chi connectivity index (χ3v) is 4.35. The molecule has 1 aromatic heterocycles. The number of ether oxygens (including phenoxy) is 1. The summed E-state index contributed by atoms with van der Waals surface area (Å²) < 4.78 is 4.82. The first-order valence-electron chi connectivity index (χ1n) is 6.51. The molecule has 1 heterocycles. The van der Waals surface area contributed by atoms with Gasteiger partial charge < -0.3 is 9.64 Å². The maximum atomic E-state index is 11.8. The molecule has 0 aliphatic rings. The van der Waals surface area contributed by atoms with Crippen LogP contribution in [0.2, 0.25) is 5.15 Å². The Hall–Kier alpha value is -1.20. The van der Waals surface area contributed by atoms with E-state index in [1.165, 1.54) is 7.11 Å². The van der Waals surface area contributed by atoms with E-state index < -0.39 is 0 Å². The first-order chi connectivity index (χ1) is 9.86. The molecular weight excluding hydrogens is 308 g/mol. The summed E-state index contributed by atoms with van der Waals surface area (Å²) in [4.78, 5) is 17.7. The van der Waals surface area contributed by atoms with Gasteiger partial charge in [-0.3, -0.25) is 0 Å². The highest BCUT2D eigenvalue weighted by molar-refractivity contribution is 7.98. The van der Waals surface area contributed by atoms with Crippen LogP contribution in [0.1, 0.15) is 18.1 Å². The Balaban J connectivity index is 2.71. The van der Waals surface area contributed by atoms with Crippen LogP contribution >= 0.6 is 23.4 Å². The summed E-state index contributed by atoms with van der Waals surface area (Å²) in [5.74, 6) is 1.28. The number of methoxy groups -OCH3 is 1. The number of thioether (sulfide) groups is 1. The van der Waals surface area contributed by atoms with E-state index in [1.807, 2.05) is 34.0 Å². The van der Waals surface area contributed by atoms with E-state index in [0.717, 1.165) is 28.2 Å². The Morgan fingerprint density at radius 2 is 2.14 bits per heavy atom. The van der Waals surface area contributed by atoms with Gasteiger partial charge in [-0.25, -0.2) is 9.78 Å². The number of halogens is 1. The lowest BCUT2D eigenvalue weighted by molar-refractivity contribution is -0.137. The molecule has 0 aliphatic carbocycles. The first kappa shape index (κ1) is 17.9. The quantitative estimate of drug-likeness (QED) is 0.455. The molecule has 0 aliphatic heterocycles. The molecule has 0 bridgehead atoms. The van der Waals surface area contributed by atoms with Crippen molar-refractivity contribution >= 4 is 29.3 Å². The maximum Gasteiger partial charge on any atom is 0.354 e. The summed E-state index contributed by atoms with van der Waals surface area (Å²) in [5, 5.41) is 0.512. The van der Waals surface area contributed by atoms with Crippen LogP contribution in [0.4, 0.5) is 0 Å². The van der Waals surface area contributed by atoms with E-state index in [4.69, 9.17) is 16.3 Å². The number of carbonyl (C=O) groups is 1. The van der Waals surface area contributed by atoms with E-state index in [0.29, 0.717) is 10.9 Å². The number of aromatic nitrogens is 1. The second-order valence-electron chi connectivity index (χ2n) is 4.94. The van der Waals surface area contributed by atoms with Gasteiger partial charge >= 0.3 is 5.97 Å². The van der Waals surface area contributed by atoms with Gasteiger partial charge in [0.15, 0.2) is 0 Å². The summed E-state index contributed by atoms with van der Waals surface area (Å²) in [7, 11) is 5.08. The molecule has 0 fully saturated rings. The van der Waals surface area contributed by atoms with Crippen molar-refractivity contribution in [2.75, 3.05) is 27.0 Å². The molecule has 1 aromatic rings. The van der Waals surface area contributed by atoms with Gasteiger partial charge in [-0.05, 0) is 36.6 Å². The monoisotopic (exact) mass is 328 g/mol. The van der Waals surface area contributed by atoms with Crippen molar-refractivity contribution in [3.63, 3.8) is 0 Å². The standard InChI is InChI=1S/C15H21ClN2O2S/c1-10-6-13(16)17-7-12(10)9-21-8-11(2)14(18(3)4)15(19)20-5/h6-7H,8-9H2,1-5H3. The minimum absolute atomic E-state index is 0.303. The van der Waals surface area contributed by atoms with Crippen molar-refractivity contribution in [1.29, 1.82) is 0 Å². The second kappa shape index (κ2) is 8.29. The molecule has 0 N–H and O–H groups in total. The van der Waals surface area contributed by atoms with Crippen LogP contribution in [0.15, 0.2) is 23.5 Å². The van der Waals surface area contributed by atoms with Crippen LogP contribution in [-0.4, -0.2) is 42.8 Å². The third-order valence-electron chi connectivity index (χ3n) is 2.99. The summed E-state index contributed by atoms with van der Waals surface area (Å²) in [5.41, 5.74) is 3.89. The van der Waals surface area contributed by atoms with E-state index in [-0.39, 0.29) is 5.97 Å². The van der Waals surface area contributed by atoms with Gasteiger partial charge in [-0.1, -0.05) is 11.6 Å². The van der Waals surface area contributed by atoms with E-state index in [1.54, 1.807) is 22.9 Å². The molecule has 0 aromatic carbocycles. The zero-order valence-corrected chi connectivity index (χ0v) is 14.6. The fraction of sp³-hybridized carbons (Fsp3) is 0.467. The lowest BCUT2D eigenvalue weighted by atomic mass is 10.2. The molecule has 0 spiro atoms. The fourth-order valence-electron chi connectivity index (χ4n) is 1.92. The molecule has 0 atom stereocenters. The third kappa shape index (κ3) is 5.25.